The fourth-order valence-corrected chi connectivity index (χ4v) is 4.45. The summed E-state index contributed by atoms with van der Waals surface area (Å²) < 4.78 is 37.8. The molecule has 5 nitrogen and oxygen atoms in total. The lowest BCUT2D eigenvalue weighted by Crippen LogP contribution is -2.44. The fourth-order valence-electron chi connectivity index (χ4n) is 2.75. The van der Waals surface area contributed by atoms with Crippen molar-refractivity contribution in [2.24, 2.45) is 5.92 Å². The van der Waals surface area contributed by atoms with Gasteiger partial charge < -0.3 is 9.47 Å². The van der Waals surface area contributed by atoms with Gasteiger partial charge in [-0.05, 0) is 30.5 Å². The molecule has 1 aliphatic heterocycles. The van der Waals surface area contributed by atoms with Crippen LogP contribution in [0.2, 0.25) is 0 Å². The molecular formula is C15H23NO4S. The number of ether oxygens (including phenoxy) is 2. The van der Waals surface area contributed by atoms with Crippen molar-refractivity contribution in [1.29, 1.82) is 0 Å². The molecule has 0 unspecified atom stereocenters. The Hall–Kier alpha value is -1.11. The van der Waals surface area contributed by atoms with Gasteiger partial charge in [-0.15, -0.1) is 0 Å². The SMILES string of the molecule is CCNS(=O)(=O)[C@H]1CCOC[C@H]1Cc1ccc(OC)cc1. The van der Waals surface area contributed by atoms with E-state index < -0.39 is 10.0 Å². The molecule has 0 amide bonds. The van der Waals surface area contributed by atoms with Gasteiger partial charge in [0.05, 0.1) is 19.0 Å². The summed E-state index contributed by atoms with van der Waals surface area (Å²) in [5.41, 5.74) is 1.10. The van der Waals surface area contributed by atoms with Gasteiger partial charge in [0.1, 0.15) is 5.75 Å². The summed E-state index contributed by atoms with van der Waals surface area (Å²) >= 11 is 0. The first-order valence-corrected chi connectivity index (χ1v) is 8.80. The number of benzene rings is 1. The zero-order valence-electron chi connectivity index (χ0n) is 12.5. The van der Waals surface area contributed by atoms with Crippen LogP contribution in [0.1, 0.15) is 18.9 Å². The van der Waals surface area contributed by atoms with Crippen molar-refractivity contribution in [1.82, 2.24) is 4.72 Å². The predicted octanol–water partition coefficient (Wildman–Crippen LogP) is 1.58. The highest BCUT2D eigenvalue weighted by Gasteiger charge is 2.35. The summed E-state index contributed by atoms with van der Waals surface area (Å²) in [6.45, 7) is 3.22. The first-order chi connectivity index (χ1) is 10.1. The number of methoxy groups -OCH3 is 1. The minimum atomic E-state index is -3.27. The van der Waals surface area contributed by atoms with E-state index in [4.69, 9.17) is 9.47 Å². The Balaban J connectivity index is 2.11. The molecule has 0 bridgehead atoms. The largest absolute Gasteiger partial charge is 0.497 e. The predicted molar refractivity (Wildman–Crippen MR) is 82.0 cm³/mol. The molecule has 21 heavy (non-hydrogen) atoms. The van der Waals surface area contributed by atoms with Gasteiger partial charge >= 0.3 is 0 Å². The van der Waals surface area contributed by atoms with Gasteiger partial charge in [-0.25, -0.2) is 13.1 Å². The van der Waals surface area contributed by atoms with Gasteiger partial charge in [-0.3, -0.25) is 0 Å². The average Bonchev–Trinajstić information content (AvgIpc) is 2.48. The van der Waals surface area contributed by atoms with E-state index >= 15 is 0 Å². The summed E-state index contributed by atoms with van der Waals surface area (Å²) in [7, 11) is -1.64. The molecule has 0 saturated carbocycles. The van der Waals surface area contributed by atoms with E-state index in [0.29, 0.717) is 32.6 Å². The van der Waals surface area contributed by atoms with E-state index in [-0.39, 0.29) is 11.2 Å². The van der Waals surface area contributed by atoms with Gasteiger partial charge in [-0.1, -0.05) is 19.1 Å². The average molecular weight is 313 g/mol. The minimum Gasteiger partial charge on any atom is -0.497 e. The van der Waals surface area contributed by atoms with E-state index in [1.807, 2.05) is 24.3 Å². The number of sulfonamides is 1. The van der Waals surface area contributed by atoms with Crippen LogP contribution in [0.3, 0.4) is 0 Å². The summed E-state index contributed by atoms with van der Waals surface area (Å²) in [6.07, 6.45) is 1.25. The molecule has 1 aromatic rings. The van der Waals surface area contributed by atoms with E-state index in [2.05, 4.69) is 4.72 Å². The lowest BCUT2D eigenvalue weighted by Gasteiger charge is -2.31. The molecule has 6 heteroatoms. The number of hydrogen-bond acceptors (Lipinski definition) is 4. The quantitative estimate of drug-likeness (QED) is 0.866. The molecule has 2 atom stereocenters. The van der Waals surface area contributed by atoms with Crippen LogP contribution in [0.15, 0.2) is 24.3 Å². The molecule has 1 aliphatic rings. The number of nitrogens with one attached hydrogen (secondary N) is 1. The highest BCUT2D eigenvalue weighted by Crippen LogP contribution is 2.25. The third-order valence-corrected chi connectivity index (χ3v) is 5.91. The Morgan fingerprint density at radius 1 is 1.33 bits per heavy atom. The molecule has 2 rings (SSSR count). The van der Waals surface area contributed by atoms with Gasteiger partial charge in [0.2, 0.25) is 10.0 Å². The molecule has 0 aromatic heterocycles. The van der Waals surface area contributed by atoms with Crippen LogP contribution in [0.25, 0.3) is 0 Å². The van der Waals surface area contributed by atoms with Gasteiger partial charge in [0.15, 0.2) is 0 Å². The molecule has 1 N–H and O–H groups in total. The number of rotatable bonds is 6. The molecule has 1 fully saturated rings. The first kappa shape index (κ1) is 16.3. The second-order valence-electron chi connectivity index (χ2n) is 5.26. The van der Waals surface area contributed by atoms with Crippen molar-refractivity contribution in [3.8, 4) is 5.75 Å². The molecule has 1 saturated heterocycles. The Bertz CT molecular complexity index is 541. The topological polar surface area (TPSA) is 64.6 Å². The molecule has 0 spiro atoms. The van der Waals surface area contributed by atoms with E-state index in [9.17, 15) is 8.42 Å². The summed E-state index contributed by atoms with van der Waals surface area (Å²) in [4.78, 5) is 0. The highest BCUT2D eigenvalue weighted by atomic mass is 32.2. The van der Waals surface area contributed by atoms with Crippen LogP contribution in [0, 0.1) is 5.92 Å². The fraction of sp³-hybridized carbons (Fsp3) is 0.600. The van der Waals surface area contributed by atoms with Crippen molar-refractivity contribution >= 4 is 10.0 Å². The van der Waals surface area contributed by atoms with E-state index in [1.54, 1.807) is 14.0 Å². The molecular weight excluding hydrogens is 290 g/mol. The summed E-state index contributed by atoms with van der Waals surface area (Å²) in [5, 5.41) is -0.381. The first-order valence-electron chi connectivity index (χ1n) is 7.26. The molecule has 1 heterocycles. The van der Waals surface area contributed by atoms with Crippen LogP contribution >= 0.6 is 0 Å². The lowest BCUT2D eigenvalue weighted by molar-refractivity contribution is 0.0570. The number of hydrogen-bond donors (Lipinski definition) is 1. The monoisotopic (exact) mass is 313 g/mol. The van der Waals surface area contributed by atoms with Crippen LogP contribution in [-0.4, -0.2) is 40.5 Å². The zero-order valence-corrected chi connectivity index (χ0v) is 13.4. The van der Waals surface area contributed by atoms with Crippen molar-refractivity contribution in [3.63, 3.8) is 0 Å². The maximum absolute atomic E-state index is 12.3. The van der Waals surface area contributed by atoms with Crippen molar-refractivity contribution in [2.75, 3.05) is 26.9 Å². The minimum absolute atomic E-state index is 0.0174. The summed E-state index contributed by atoms with van der Waals surface area (Å²) in [6, 6.07) is 7.74. The van der Waals surface area contributed by atoms with Crippen molar-refractivity contribution < 1.29 is 17.9 Å². The second-order valence-corrected chi connectivity index (χ2v) is 7.24. The Morgan fingerprint density at radius 3 is 2.67 bits per heavy atom. The molecule has 0 radical (unpaired) electrons. The standard InChI is InChI=1S/C15H23NO4S/c1-3-16-21(17,18)15-8-9-20-11-13(15)10-12-4-6-14(19-2)7-5-12/h4-7,13,15-16H,3,8-11H2,1-2H3/t13-,15+/m1/s1. The third-order valence-electron chi connectivity index (χ3n) is 3.81. The normalized spacial score (nSPS) is 23.0. The van der Waals surface area contributed by atoms with Crippen LogP contribution < -0.4 is 9.46 Å². The Kier molecular flexibility index (Phi) is 5.61. The molecule has 118 valence electrons. The van der Waals surface area contributed by atoms with Crippen LogP contribution in [0.5, 0.6) is 5.75 Å². The Morgan fingerprint density at radius 2 is 2.05 bits per heavy atom. The van der Waals surface area contributed by atoms with Crippen LogP contribution in [-0.2, 0) is 21.2 Å². The maximum Gasteiger partial charge on any atom is 0.214 e. The van der Waals surface area contributed by atoms with Crippen molar-refractivity contribution in [2.45, 2.75) is 25.0 Å². The maximum atomic E-state index is 12.3. The van der Waals surface area contributed by atoms with Gasteiger partial charge in [0, 0.05) is 19.1 Å². The van der Waals surface area contributed by atoms with Crippen molar-refractivity contribution in [3.05, 3.63) is 29.8 Å². The van der Waals surface area contributed by atoms with E-state index in [1.165, 1.54) is 0 Å². The van der Waals surface area contributed by atoms with E-state index in [0.717, 1.165) is 11.3 Å². The lowest BCUT2D eigenvalue weighted by atomic mass is 9.93. The highest BCUT2D eigenvalue weighted by molar-refractivity contribution is 7.90. The van der Waals surface area contributed by atoms with Crippen LogP contribution in [0.4, 0.5) is 0 Å². The third kappa shape index (κ3) is 4.18. The smallest absolute Gasteiger partial charge is 0.214 e. The van der Waals surface area contributed by atoms with Gasteiger partial charge in [-0.2, -0.15) is 0 Å². The molecule has 0 aliphatic carbocycles. The Labute approximate surface area is 126 Å². The summed E-state index contributed by atoms with van der Waals surface area (Å²) in [5.74, 6) is 0.784. The second kappa shape index (κ2) is 7.24. The zero-order chi connectivity index (χ0) is 15.3. The molecule has 1 aromatic carbocycles. The van der Waals surface area contributed by atoms with Gasteiger partial charge in [0.25, 0.3) is 0 Å².